The van der Waals surface area contributed by atoms with Crippen molar-refractivity contribution >= 4 is 11.8 Å². The number of rotatable bonds is 29. The summed E-state index contributed by atoms with van der Waals surface area (Å²) in [5, 5.41) is 25.2. The summed E-state index contributed by atoms with van der Waals surface area (Å²) in [6.07, 6.45) is 19.8. The van der Waals surface area contributed by atoms with Gasteiger partial charge in [0.05, 0.1) is 24.8 Å². The van der Waals surface area contributed by atoms with Crippen molar-refractivity contribution in [2.24, 2.45) is 22.9 Å². The van der Waals surface area contributed by atoms with Crippen LogP contribution in [-0.4, -0.2) is 70.8 Å². The maximum Gasteiger partial charge on any atom is 0.410 e. The number of unbranched alkanes of at least 4 members (excludes halogenated alkanes) is 11. The number of ether oxygens (including phenoxy) is 4. The topological polar surface area (TPSA) is 119 Å². The minimum absolute atomic E-state index is 0.0149. The Kier molecular flexibility index (Phi) is 21.2. The summed E-state index contributed by atoms with van der Waals surface area (Å²) < 4.78 is 42.2. The second kappa shape index (κ2) is 27.9. The van der Waals surface area contributed by atoms with Crippen LogP contribution in [0.15, 0.2) is 127 Å². The maximum atomic E-state index is 15.1. The molecular weight excluding hydrogens is 932 g/mol. The summed E-state index contributed by atoms with van der Waals surface area (Å²) in [7, 11) is 0. The van der Waals surface area contributed by atoms with Crippen LogP contribution in [0.2, 0.25) is 0 Å². The largest absolute Gasteiger partial charge is 0.459 e. The number of hydrogen-bond donors (Lipinski definition) is 2. The smallest absolute Gasteiger partial charge is 0.410 e. The molecule has 11 heteroatoms. The predicted octanol–water partition coefficient (Wildman–Crippen LogP) is 15.3. The van der Waals surface area contributed by atoms with Gasteiger partial charge in [0, 0.05) is 37.7 Å². The number of hydrogen-bond acceptors (Lipinski definition) is 9. The molecule has 4 aromatic carbocycles. The first-order valence-electron chi connectivity index (χ1n) is 27.8. The predicted molar refractivity (Wildman–Crippen MR) is 293 cm³/mol. The molecule has 0 spiro atoms. The molecule has 0 radical (unpaired) electrons. The Hall–Kier alpha value is -5.49. The number of oxime groups is 1. The van der Waals surface area contributed by atoms with Crippen LogP contribution in [0.1, 0.15) is 154 Å². The first-order chi connectivity index (χ1) is 36.0. The van der Waals surface area contributed by atoms with Gasteiger partial charge in [-0.3, -0.25) is 4.90 Å². The lowest BCUT2D eigenvalue weighted by molar-refractivity contribution is -0.256. The zero-order valence-corrected chi connectivity index (χ0v) is 44.7. The summed E-state index contributed by atoms with van der Waals surface area (Å²) in [6.45, 7) is 12.8. The Labute approximate surface area is 441 Å². The molecule has 2 N–H and O–H groups in total. The van der Waals surface area contributed by atoms with E-state index in [-0.39, 0.29) is 63.0 Å². The van der Waals surface area contributed by atoms with Gasteiger partial charge in [-0.2, -0.15) is 0 Å². The van der Waals surface area contributed by atoms with E-state index >= 15 is 4.79 Å². The molecule has 74 heavy (non-hydrogen) atoms. The molecule has 1 amide bonds. The number of carbonyl (C=O) groups is 1. The van der Waals surface area contributed by atoms with Gasteiger partial charge >= 0.3 is 6.09 Å². The van der Waals surface area contributed by atoms with Crippen LogP contribution in [0.3, 0.4) is 0 Å². The first-order valence-corrected chi connectivity index (χ1v) is 27.8. The molecule has 3 aliphatic rings. The minimum atomic E-state index is -1.50. The van der Waals surface area contributed by atoms with E-state index in [9.17, 15) is 14.6 Å². The average molecular weight is 1020 g/mol. The van der Waals surface area contributed by atoms with Crippen molar-refractivity contribution in [1.29, 1.82) is 0 Å². The number of carbonyl (C=O) groups excluding carboxylic acids is 1. The number of amides is 1. The van der Waals surface area contributed by atoms with Gasteiger partial charge in [-0.05, 0) is 129 Å². The van der Waals surface area contributed by atoms with Crippen molar-refractivity contribution in [3.8, 4) is 28.4 Å². The Morgan fingerprint density at radius 3 is 2.12 bits per heavy atom. The molecule has 1 heterocycles. The fourth-order valence-electron chi connectivity index (χ4n) is 11.3. The van der Waals surface area contributed by atoms with Gasteiger partial charge in [0.25, 0.3) is 0 Å². The third-order valence-electron chi connectivity index (χ3n) is 14.9. The molecule has 1 aliphatic heterocycles. The normalized spacial score (nSPS) is 21.5. The highest BCUT2D eigenvalue weighted by Crippen LogP contribution is 2.62. The van der Waals surface area contributed by atoms with Gasteiger partial charge in [0.2, 0.25) is 5.79 Å². The molecule has 1 saturated carbocycles. The molecule has 1 fully saturated rings. The third kappa shape index (κ3) is 14.9. The van der Waals surface area contributed by atoms with Crippen LogP contribution in [0, 0.1) is 23.6 Å². The van der Waals surface area contributed by atoms with Crippen LogP contribution >= 0.6 is 0 Å². The molecule has 6 atom stereocenters. The van der Waals surface area contributed by atoms with E-state index in [0.29, 0.717) is 41.4 Å². The molecule has 0 unspecified atom stereocenters. The van der Waals surface area contributed by atoms with E-state index in [2.05, 4.69) is 49.9 Å². The number of nitrogens with zero attached hydrogens (tertiary/aromatic N) is 2. The van der Waals surface area contributed by atoms with Gasteiger partial charge < -0.3 is 34.0 Å². The molecule has 0 saturated heterocycles. The standard InChI is InChI=1S/C63H83FN2O8/c1-6-8-9-10-11-12-13-14-15-23-41-70-61(69)66(45-46-28-32-50(64)33-29-46)58-44-56(65-74-62(3,4)5)54-42-49(26-19-21-38-67)53(27-20-22-39-68)59-55-43-52(36-37-57(55)73-63(58,60(54)59)71-40-7-2)72-51-34-30-48(31-35-51)47-24-17-16-18-25-47/h7,16-18,24-25,28-37,42-43,49,53,58-60,67-68H,2,6,8-15,19-23,26-27,38-41,44-45H2,1,3-5H3/t49-,53+,58-,59+,60+,63+/m0/s1. The monoisotopic (exact) mass is 1010 g/mol. The highest BCUT2D eigenvalue weighted by molar-refractivity contribution is 6.03. The van der Waals surface area contributed by atoms with Gasteiger partial charge in [-0.25, -0.2) is 9.18 Å². The van der Waals surface area contributed by atoms with Gasteiger partial charge in [0.1, 0.15) is 34.7 Å². The van der Waals surface area contributed by atoms with E-state index < -0.39 is 29.4 Å². The summed E-state index contributed by atoms with van der Waals surface area (Å²) >= 11 is 0. The highest BCUT2D eigenvalue weighted by Gasteiger charge is 2.66. The van der Waals surface area contributed by atoms with Crippen molar-refractivity contribution in [3.63, 3.8) is 0 Å². The van der Waals surface area contributed by atoms with Gasteiger partial charge in [0.15, 0.2) is 0 Å². The zero-order valence-electron chi connectivity index (χ0n) is 44.7. The van der Waals surface area contributed by atoms with Crippen LogP contribution < -0.4 is 9.47 Å². The van der Waals surface area contributed by atoms with Crippen molar-refractivity contribution in [2.45, 2.75) is 167 Å². The molecule has 7 rings (SSSR count). The van der Waals surface area contributed by atoms with Crippen LogP contribution in [0.5, 0.6) is 17.2 Å². The Bertz CT molecular complexity index is 2420. The van der Waals surface area contributed by atoms with E-state index in [1.54, 1.807) is 23.1 Å². The Balaban J connectivity index is 1.33. The Morgan fingerprint density at radius 1 is 0.811 bits per heavy atom. The second-order valence-electron chi connectivity index (χ2n) is 21.5. The highest BCUT2D eigenvalue weighted by atomic mass is 19.1. The zero-order chi connectivity index (χ0) is 52.3. The van der Waals surface area contributed by atoms with Crippen molar-refractivity contribution < 1.29 is 43.2 Å². The number of aliphatic hydroxyl groups is 2. The lowest BCUT2D eigenvalue weighted by Crippen LogP contribution is -2.70. The molecule has 4 aromatic rings. The molecule has 0 bridgehead atoms. The lowest BCUT2D eigenvalue weighted by atomic mass is 9.55. The van der Waals surface area contributed by atoms with E-state index in [4.69, 9.17) is 28.9 Å². The lowest BCUT2D eigenvalue weighted by Gasteiger charge is -2.60. The van der Waals surface area contributed by atoms with E-state index in [0.717, 1.165) is 73.6 Å². The van der Waals surface area contributed by atoms with Crippen LogP contribution in [-0.2, 0) is 20.9 Å². The number of benzene rings is 4. The summed E-state index contributed by atoms with van der Waals surface area (Å²) in [4.78, 5) is 23.1. The third-order valence-corrected chi connectivity index (χ3v) is 14.9. The summed E-state index contributed by atoms with van der Waals surface area (Å²) in [6, 6.07) is 29.7. The molecular formula is C63H83FN2O8. The second-order valence-corrected chi connectivity index (χ2v) is 21.5. The number of aliphatic hydroxyl groups excluding tert-OH is 2. The summed E-state index contributed by atoms with van der Waals surface area (Å²) in [5.74, 6) is -0.660. The molecule has 2 aliphatic carbocycles. The SMILES string of the molecule is C=CCO[C@@]12Oc3ccc(Oc4ccc(-c5ccccc5)cc4)cc3[C@H]3[C@H](CCCCO)[C@@H](CCCCO)C=C(C(=NOC(C)(C)C)C[C@@H]1N(Cc1ccc(F)cc1)C(=O)OCCCCCCCCCCCC)[C@H]32. The number of halogens is 1. The number of fused-ring (bicyclic) bond motifs is 2. The van der Waals surface area contributed by atoms with Crippen LogP contribution in [0.4, 0.5) is 9.18 Å². The minimum Gasteiger partial charge on any atom is -0.459 e. The van der Waals surface area contributed by atoms with Crippen LogP contribution in [0.25, 0.3) is 11.1 Å². The Morgan fingerprint density at radius 2 is 1.46 bits per heavy atom. The first kappa shape index (κ1) is 56.2. The van der Waals surface area contributed by atoms with Gasteiger partial charge in [-0.1, -0.05) is 149 Å². The van der Waals surface area contributed by atoms with E-state index in [1.807, 2.05) is 63.2 Å². The average Bonchev–Trinajstić information content (AvgIpc) is 3.40. The quantitative estimate of drug-likeness (QED) is 0.0314. The van der Waals surface area contributed by atoms with E-state index in [1.165, 1.54) is 50.7 Å². The van der Waals surface area contributed by atoms with Crippen molar-refractivity contribution in [3.05, 3.63) is 138 Å². The van der Waals surface area contributed by atoms with Gasteiger partial charge in [-0.15, -0.1) is 6.58 Å². The number of allylic oxidation sites excluding steroid dienone is 1. The summed E-state index contributed by atoms with van der Waals surface area (Å²) in [5.41, 5.74) is 4.85. The molecule has 400 valence electrons. The van der Waals surface area contributed by atoms with Crippen molar-refractivity contribution in [1.82, 2.24) is 4.90 Å². The fraction of sp³-hybridized carbons (Fsp3) is 0.524. The van der Waals surface area contributed by atoms with Crippen molar-refractivity contribution in [2.75, 3.05) is 26.4 Å². The fourth-order valence-corrected chi connectivity index (χ4v) is 11.3. The molecule has 0 aromatic heterocycles. The molecule has 10 nitrogen and oxygen atoms in total. The maximum absolute atomic E-state index is 15.1.